The van der Waals surface area contributed by atoms with Gasteiger partial charge in [-0.25, -0.2) is 0 Å². The maximum atomic E-state index is 12.4. The Hall–Kier alpha value is -0.930. The van der Waals surface area contributed by atoms with Crippen LogP contribution in [-0.2, 0) is 21.5 Å². The molecule has 2 fully saturated rings. The summed E-state index contributed by atoms with van der Waals surface area (Å²) < 4.78 is 38.6. The van der Waals surface area contributed by atoms with E-state index in [-0.39, 0.29) is 5.41 Å². The molecule has 0 N–H and O–H groups in total. The average Bonchev–Trinajstić information content (AvgIpc) is 3.18. The number of piperidine rings is 1. The smallest absolute Gasteiger partial charge is 0.281 e. The lowest BCUT2D eigenvalue weighted by Gasteiger charge is -2.42. The van der Waals surface area contributed by atoms with Crippen LogP contribution in [0.2, 0.25) is 0 Å². The summed E-state index contributed by atoms with van der Waals surface area (Å²) in [7, 11) is 1.60. The molecular formula is C17H29N3O4S. The minimum Gasteiger partial charge on any atom is -0.468 e. The van der Waals surface area contributed by atoms with E-state index in [1.165, 1.54) is 4.31 Å². The van der Waals surface area contributed by atoms with Gasteiger partial charge in [0.2, 0.25) is 0 Å². The van der Waals surface area contributed by atoms with Crippen molar-refractivity contribution in [1.29, 1.82) is 0 Å². The van der Waals surface area contributed by atoms with Crippen LogP contribution in [-0.4, -0.2) is 75.9 Å². The second-order valence-electron chi connectivity index (χ2n) is 7.45. The lowest BCUT2D eigenvalue weighted by Crippen LogP contribution is -2.50. The highest BCUT2D eigenvalue weighted by Crippen LogP contribution is 2.45. The first-order valence-electron chi connectivity index (χ1n) is 8.79. The van der Waals surface area contributed by atoms with Gasteiger partial charge in [0.25, 0.3) is 10.2 Å². The van der Waals surface area contributed by atoms with E-state index in [2.05, 4.69) is 4.90 Å². The topological polar surface area (TPSA) is 66.2 Å². The summed E-state index contributed by atoms with van der Waals surface area (Å²) in [5.41, 5.74) is 0.126. The van der Waals surface area contributed by atoms with Crippen LogP contribution in [0.25, 0.3) is 0 Å². The largest absolute Gasteiger partial charge is 0.468 e. The monoisotopic (exact) mass is 371 g/mol. The summed E-state index contributed by atoms with van der Waals surface area (Å²) in [6.07, 6.45) is 3.46. The van der Waals surface area contributed by atoms with Crippen molar-refractivity contribution in [3.63, 3.8) is 0 Å². The molecule has 0 saturated carbocycles. The van der Waals surface area contributed by atoms with Crippen LogP contribution in [0, 0.1) is 11.3 Å². The third-order valence-corrected chi connectivity index (χ3v) is 7.66. The van der Waals surface area contributed by atoms with Crippen LogP contribution in [0.3, 0.4) is 0 Å². The van der Waals surface area contributed by atoms with E-state index in [0.717, 1.165) is 44.8 Å². The Morgan fingerprint density at radius 2 is 2.08 bits per heavy atom. The molecule has 1 spiro atoms. The number of rotatable bonds is 6. The molecule has 7 nitrogen and oxygen atoms in total. The van der Waals surface area contributed by atoms with Crippen molar-refractivity contribution in [3.8, 4) is 0 Å². The maximum absolute atomic E-state index is 12.4. The molecule has 0 radical (unpaired) electrons. The summed E-state index contributed by atoms with van der Waals surface area (Å²) >= 11 is 0. The third-order valence-electron chi connectivity index (χ3n) is 5.72. The molecule has 2 aliphatic heterocycles. The lowest BCUT2D eigenvalue weighted by molar-refractivity contribution is 0.0558. The normalized spacial score (nSPS) is 25.2. The van der Waals surface area contributed by atoms with E-state index in [1.54, 1.807) is 31.8 Å². The molecule has 25 heavy (non-hydrogen) atoms. The molecule has 1 aromatic rings. The number of ether oxygens (including phenoxy) is 1. The average molecular weight is 372 g/mol. The standard InChI is InChI=1S/C17H29N3O4S/c1-18(2)25(21,22)20-8-6-17(7-9-20)14-19(11-15(17)13-23-3)12-16-5-4-10-24-16/h4-5,10,15H,6-9,11-14H2,1-3H3/t15-/m1/s1. The van der Waals surface area contributed by atoms with Crippen LogP contribution < -0.4 is 0 Å². The van der Waals surface area contributed by atoms with Crippen molar-refractivity contribution in [2.45, 2.75) is 19.4 Å². The highest BCUT2D eigenvalue weighted by Gasteiger charge is 2.49. The first-order chi connectivity index (χ1) is 11.9. The first-order valence-corrected chi connectivity index (χ1v) is 10.2. The van der Waals surface area contributed by atoms with Crippen molar-refractivity contribution in [3.05, 3.63) is 24.2 Å². The molecule has 0 aromatic carbocycles. The van der Waals surface area contributed by atoms with Gasteiger partial charge < -0.3 is 9.15 Å². The first kappa shape index (κ1) is 18.8. The number of likely N-dealkylation sites (tertiary alicyclic amines) is 1. The Balaban J connectivity index is 1.69. The Kier molecular flexibility index (Phi) is 5.55. The molecular weight excluding hydrogens is 342 g/mol. The van der Waals surface area contributed by atoms with Gasteiger partial charge in [0.15, 0.2) is 0 Å². The number of hydrogen-bond donors (Lipinski definition) is 0. The zero-order valence-electron chi connectivity index (χ0n) is 15.3. The van der Waals surface area contributed by atoms with Gasteiger partial charge in [-0.15, -0.1) is 0 Å². The fourth-order valence-electron chi connectivity index (χ4n) is 4.28. The molecule has 3 heterocycles. The molecule has 142 valence electrons. The van der Waals surface area contributed by atoms with Crippen molar-refractivity contribution >= 4 is 10.2 Å². The number of furan rings is 1. The van der Waals surface area contributed by atoms with Crippen LogP contribution >= 0.6 is 0 Å². The van der Waals surface area contributed by atoms with Crippen molar-refractivity contribution in [2.75, 3.05) is 54.0 Å². The van der Waals surface area contributed by atoms with Gasteiger partial charge in [0.1, 0.15) is 5.76 Å². The molecule has 0 aliphatic carbocycles. The van der Waals surface area contributed by atoms with Gasteiger partial charge in [-0.3, -0.25) is 4.90 Å². The van der Waals surface area contributed by atoms with Crippen LogP contribution in [0.1, 0.15) is 18.6 Å². The van der Waals surface area contributed by atoms with E-state index in [9.17, 15) is 8.42 Å². The highest BCUT2D eigenvalue weighted by atomic mass is 32.2. The molecule has 0 bridgehead atoms. The summed E-state index contributed by atoms with van der Waals surface area (Å²) in [5.74, 6) is 1.40. The second-order valence-corrected chi connectivity index (χ2v) is 9.60. The predicted octanol–water partition coefficient (Wildman–Crippen LogP) is 1.25. The van der Waals surface area contributed by atoms with Crippen molar-refractivity contribution < 1.29 is 17.6 Å². The van der Waals surface area contributed by atoms with E-state index in [1.807, 2.05) is 12.1 Å². The van der Waals surface area contributed by atoms with Crippen molar-refractivity contribution in [2.24, 2.45) is 11.3 Å². The summed E-state index contributed by atoms with van der Waals surface area (Å²) in [6.45, 7) is 4.61. The summed E-state index contributed by atoms with van der Waals surface area (Å²) in [6, 6.07) is 3.92. The SMILES string of the molecule is COC[C@H]1CN(Cc2ccco2)CC12CCN(S(=O)(=O)N(C)C)CC2. The molecule has 2 saturated heterocycles. The number of methoxy groups -OCH3 is 1. The zero-order chi connectivity index (χ0) is 18.1. The minimum atomic E-state index is -3.32. The van der Waals surface area contributed by atoms with E-state index < -0.39 is 10.2 Å². The van der Waals surface area contributed by atoms with Crippen LogP contribution in [0.5, 0.6) is 0 Å². The van der Waals surface area contributed by atoms with E-state index in [0.29, 0.717) is 19.0 Å². The zero-order valence-corrected chi connectivity index (χ0v) is 16.2. The summed E-state index contributed by atoms with van der Waals surface area (Å²) in [5, 5.41) is 0. The summed E-state index contributed by atoms with van der Waals surface area (Å²) in [4.78, 5) is 2.42. The van der Waals surface area contributed by atoms with Crippen LogP contribution in [0.4, 0.5) is 0 Å². The van der Waals surface area contributed by atoms with Crippen LogP contribution in [0.15, 0.2) is 22.8 Å². The molecule has 8 heteroatoms. The molecule has 1 aromatic heterocycles. The molecule has 1 atom stereocenters. The fraction of sp³-hybridized carbons (Fsp3) is 0.765. The Morgan fingerprint density at radius 1 is 1.36 bits per heavy atom. The minimum absolute atomic E-state index is 0.126. The number of nitrogens with zero attached hydrogens (tertiary/aromatic N) is 3. The van der Waals surface area contributed by atoms with Crippen molar-refractivity contribution in [1.82, 2.24) is 13.5 Å². The molecule has 2 aliphatic rings. The second kappa shape index (κ2) is 7.36. The van der Waals surface area contributed by atoms with Gasteiger partial charge in [0.05, 0.1) is 19.4 Å². The Labute approximate surface area is 150 Å². The molecule has 0 unspecified atom stereocenters. The quantitative estimate of drug-likeness (QED) is 0.753. The van der Waals surface area contributed by atoms with E-state index in [4.69, 9.17) is 9.15 Å². The predicted molar refractivity (Wildman–Crippen MR) is 95.2 cm³/mol. The lowest BCUT2D eigenvalue weighted by atomic mass is 9.71. The highest BCUT2D eigenvalue weighted by molar-refractivity contribution is 7.86. The fourth-order valence-corrected chi connectivity index (χ4v) is 5.38. The van der Waals surface area contributed by atoms with Gasteiger partial charge in [0, 0.05) is 53.3 Å². The third kappa shape index (κ3) is 3.78. The van der Waals surface area contributed by atoms with Gasteiger partial charge >= 0.3 is 0 Å². The Morgan fingerprint density at radius 3 is 2.64 bits per heavy atom. The molecule has 0 amide bonds. The Bertz CT molecular complexity index is 651. The van der Waals surface area contributed by atoms with Gasteiger partial charge in [-0.05, 0) is 30.4 Å². The molecule has 3 rings (SSSR count). The number of hydrogen-bond acceptors (Lipinski definition) is 5. The maximum Gasteiger partial charge on any atom is 0.281 e. The van der Waals surface area contributed by atoms with Gasteiger partial charge in [-0.2, -0.15) is 17.0 Å². The van der Waals surface area contributed by atoms with E-state index >= 15 is 0 Å². The van der Waals surface area contributed by atoms with Gasteiger partial charge in [-0.1, -0.05) is 0 Å².